The van der Waals surface area contributed by atoms with Crippen LogP contribution < -0.4 is 0 Å². The zero-order chi connectivity index (χ0) is 12.2. The number of aliphatic hydroxyl groups excluding tert-OH is 1. The quantitative estimate of drug-likeness (QED) is 0.763. The van der Waals surface area contributed by atoms with E-state index in [9.17, 15) is 5.11 Å². The molecule has 0 radical (unpaired) electrons. The molecule has 1 saturated heterocycles. The lowest BCUT2D eigenvalue weighted by molar-refractivity contribution is -0.156. The van der Waals surface area contributed by atoms with E-state index in [4.69, 9.17) is 9.47 Å². The highest BCUT2D eigenvalue weighted by Gasteiger charge is 2.34. The van der Waals surface area contributed by atoms with Crippen molar-refractivity contribution in [2.24, 2.45) is 0 Å². The lowest BCUT2D eigenvalue weighted by Crippen LogP contribution is -2.56. The summed E-state index contributed by atoms with van der Waals surface area (Å²) in [5, 5.41) is 9.22. The van der Waals surface area contributed by atoms with Gasteiger partial charge >= 0.3 is 0 Å². The fourth-order valence-electron chi connectivity index (χ4n) is 2.24. The summed E-state index contributed by atoms with van der Waals surface area (Å²) >= 11 is 0. The first-order valence-electron chi connectivity index (χ1n) is 6.00. The zero-order valence-electron chi connectivity index (χ0n) is 10.9. The standard InChI is InChI=1S/C12H25NO3/c1-10(5-6-15-4)13-7-11(8-14)16-12(2,3)9-13/h10-11,14H,5-9H2,1-4H3. The van der Waals surface area contributed by atoms with Crippen LogP contribution in [0.15, 0.2) is 0 Å². The average Bonchev–Trinajstić information content (AvgIpc) is 2.23. The minimum Gasteiger partial charge on any atom is -0.394 e. The van der Waals surface area contributed by atoms with Crippen molar-refractivity contribution in [1.82, 2.24) is 4.90 Å². The fourth-order valence-corrected chi connectivity index (χ4v) is 2.24. The van der Waals surface area contributed by atoms with Crippen LogP contribution in [0.1, 0.15) is 27.2 Å². The average molecular weight is 231 g/mol. The maximum atomic E-state index is 9.22. The Morgan fingerprint density at radius 1 is 1.56 bits per heavy atom. The molecule has 0 aliphatic carbocycles. The molecule has 2 unspecified atom stereocenters. The molecule has 0 amide bonds. The van der Waals surface area contributed by atoms with Crippen molar-refractivity contribution in [2.75, 3.05) is 33.4 Å². The molecule has 0 aromatic rings. The van der Waals surface area contributed by atoms with Crippen LogP contribution >= 0.6 is 0 Å². The van der Waals surface area contributed by atoms with Crippen LogP contribution in [0.2, 0.25) is 0 Å². The van der Waals surface area contributed by atoms with Crippen LogP contribution in [0.4, 0.5) is 0 Å². The van der Waals surface area contributed by atoms with Crippen LogP contribution in [0.25, 0.3) is 0 Å². The van der Waals surface area contributed by atoms with Gasteiger partial charge in [0.25, 0.3) is 0 Å². The number of hydrogen-bond donors (Lipinski definition) is 1. The minimum atomic E-state index is -0.174. The number of hydrogen-bond acceptors (Lipinski definition) is 4. The largest absolute Gasteiger partial charge is 0.394 e. The van der Waals surface area contributed by atoms with Gasteiger partial charge in [-0.05, 0) is 27.2 Å². The summed E-state index contributed by atoms with van der Waals surface area (Å²) in [6, 6.07) is 0.470. The Balaban J connectivity index is 2.51. The molecule has 4 nitrogen and oxygen atoms in total. The van der Waals surface area contributed by atoms with Gasteiger partial charge in [-0.2, -0.15) is 0 Å². The van der Waals surface area contributed by atoms with Crippen LogP contribution in [0.3, 0.4) is 0 Å². The topological polar surface area (TPSA) is 41.9 Å². The van der Waals surface area contributed by atoms with E-state index >= 15 is 0 Å². The van der Waals surface area contributed by atoms with Gasteiger partial charge in [-0.3, -0.25) is 4.90 Å². The molecule has 1 aliphatic rings. The molecule has 0 aromatic heterocycles. The molecular formula is C12H25NO3. The molecule has 1 heterocycles. The van der Waals surface area contributed by atoms with Gasteiger partial charge in [0, 0.05) is 32.8 Å². The van der Waals surface area contributed by atoms with Crippen LogP contribution in [-0.2, 0) is 9.47 Å². The van der Waals surface area contributed by atoms with E-state index in [1.807, 2.05) is 0 Å². The minimum absolute atomic E-state index is 0.0613. The van der Waals surface area contributed by atoms with Crippen LogP contribution in [0.5, 0.6) is 0 Å². The van der Waals surface area contributed by atoms with E-state index in [0.717, 1.165) is 26.1 Å². The fraction of sp³-hybridized carbons (Fsp3) is 1.00. The first-order valence-corrected chi connectivity index (χ1v) is 6.00. The second-order valence-electron chi connectivity index (χ2n) is 5.24. The van der Waals surface area contributed by atoms with Crippen molar-refractivity contribution in [3.63, 3.8) is 0 Å². The third kappa shape index (κ3) is 4.01. The third-order valence-corrected chi connectivity index (χ3v) is 3.07. The predicted molar refractivity (Wildman–Crippen MR) is 63.6 cm³/mol. The molecule has 0 saturated carbocycles. The Labute approximate surface area is 98.5 Å². The number of rotatable bonds is 5. The lowest BCUT2D eigenvalue weighted by Gasteiger charge is -2.44. The Morgan fingerprint density at radius 3 is 2.81 bits per heavy atom. The van der Waals surface area contributed by atoms with Gasteiger partial charge in [-0.15, -0.1) is 0 Å². The summed E-state index contributed by atoms with van der Waals surface area (Å²) in [7, 11) is 1.73. The van der Waals surface area contributed by atoms with E-state index in [0.29, 0.717) is 6.04 Å². The summed E-state index contributed by atoms with van der Waals surface area (Å²) in [6.07, 6.45) is 0.957. The van der Waals surface area contributed by atoms with Crippen LogP contribution in [0, 0.1) is 0 Å². The van der Waals surface area contributed by atoms with Gasteiger partial charge in [0.2, 0.25) is 0 Å². The molecule has 0 aromatic carbocycles. The summed E-state index contributed by atoms with van der Waals surface area (Å²) < 4.78 is 10.9. The lowest BCUT2D eigenvalue weighted by atomic mass is 10.0. The Kier molecular flexibility index (Phi) is 5.18. The molecule has 2 atom stereocenters. The molecule has 16 heavy (non-hydrogen) atoms. The molecule has 1 N–H and O–H groups in total. The third-order valence-electron chi connectivity index (χ3n) is 3.07. The van der Waals surface area contributed by atoms with Crippen molar-refractivity contribution in [3.8, 4) is 0 Å². The smallest absolute Gasteiger partial charge is 0.0940 e. The Hall–Kier alpha value is -0.160. The molecule has 1 fully saturated rings. The molecule has 0 spiro atoms. The number of methoxy groups -OCH3 is 1. The second-order valence-corrected chi connectivity index (χ2v) is 5.24. The van der Waals surface area contributed by atoms with Crippen molar-refractivity contribution >= 4 is 0 Å². The molecule has 96 valence electrons. The number of nitrogens with zero attached hydrogens (tertiary/aromatic N) is 1. The molecule has 1 aliphatic heterocycles. The van der Waals surface area contributed by atoms with E-state index in [2.05, 4.69) is 25.7 Å². The van der Waals surface area contributed by atoms with Gasteiger partial charge in [-0.1, -0.05) is 0 Å². The molecule has 4 heteroatoms. The number of morpholine rings is 1. The van der Waals surface area contributed by atoms with Gasteiger partial charge < -0.3 is 14.6 Å². The monoisotopic (exact) mass is 231 g/mol. The van der Waals surface area contributed by atoms with E-state index < -0.39 is 0 Å². The predicted octanol–water partition coefficient (Wildman–Crippen LogP) is 0.883. The SMILES string of the molecule is COCCC(C)N1CC(CO)OC(C)(C)C1. The Morgan fingerprint density at radius 2 is 2.25 bits per heavy atom. The normalized spacial score (nSPS) is 27.9. The maximum absolute atomic E-state index is 9.22. The van der Waals surface area contributed by atoms with Gasteiger partial charge in [0.05, 0.1) is 18.3 Å². The first-order chi connectivity index (χ1) is 7.48. The van der Waals surface area contributed by atoms with Crippen molar-refractivity contribution in [2.45, 2.75) is 44.9 Å². The number of ether oxygens (including phenoxy) is 2. The van der Waals surface area contributed by atoms with E-state index in [1.165, 1.54) is 0 Å². The second kappa shape index (κ2) is 5.96. The highest BCUT2D eigenvalue weighted by molar-refractivity contribution is 4.86. The van der Waals surface area contributed by atoms with Crippen molar-refractivity contribution in [1.29, 1.82) is 0 Å². The van der Waals surface area contributed by atoms with Crippen LogP contribution in [-0.4, -0.2) is 61.2 Å². The summed E-state index contributed by atoms with van der Waals surface area (Å²) in [4.78, 5) is 2.38. The Bertz CT molecular complexity index is 208. The van der Waals surface area contributed by atoms with Crippen molar-refractivity contribution < 1.29 is 14.6 Å². The maximum Gasteiger partial charge on any atom is 0.0940 e. The molecule has 1 rings (SSSR count). The summed E-state index contributed by atoms with van der Waals surface area (Å²) in [5.74, 6) is 0. The van der Waals surface area contributed by atoms with E-state index in [1.54, 1.807) is 7.11 Å². The van der Waals surface area contributed by atoms with Gasteiger partial charge in [0.1, 0.15) is 0 Å². The van der Waals surface area contributed by atoms with Gasteiger partial charge in [0.15, 0.2) is 0 Å². The summed E-state index contributed by atoms with van der Waals surface area (Å²) in [5.41, 5.74) is -0.174. The summed E-state index contributed by atoms with van der Waals surface area (Å²) in [6.45, 7) is 8.95. The van der Waals surface area contributed by atoms with Gasteiger partial charge in [-0.25, -0.2) is 0 Å². The highest BCUT2D eigenvalue weighted by atomic mass is 16.5. The number of aliphatic hydroxyl groups is 1. The highest BCUT2D eigenvalue weighted by Crippen LogP contribution is 2.23. The van der Waals surface area contributed by atoms with E-state index in [-0.39, 0.29) is 18.3 Å². The van der Waals surface area contributed by atoms with Crippen molar-refractivity contribution in [3.05, 3.63) is 0 Å². The molecule has 0 bridgehead atoms. The zero-order valence-corrected chi connectivity index (χ0v) is 10.9. The molecular weight excluding hydrogens is 206 g/mol. The first kappa shape index (κ1) is 13.9.